The number of hydrogen-bond acceptors (Lipinski definition) is 3. The van der Waals surface area contributed by atoms with Crippen molar-refractivity contribution in [1.82, 2.24) is 10.0 Å². The van der Waals surface area contributed by atoms with Crippen molar-refractivity contribution in [1.29, 1.82) is 0 Å². The van der Waals surface area contributed by atoms with Gasteiger partial charge in [0.05, 0.1) is 11.4 Å². The predicted octanol–water partition coefficient (Wildman–Crippen LogP) is 0.738. The van der Waals surface area contributed by atoms with Gasteiger partial charge in [0, 0.05) is 12.1 Å². The highest BCUT2D eigenvalue weighted by molar-refractivity contribution is 7.89. The number of nitrogens with one attached hydrogen (secondary N) is 2. The molecule has 102 valence electrons. The molecule has 19 heavy (non-hydrogen) atoms. The molecular weight excluding hydrogens is 264 g/mol. The summed E-state index contributed by atoms with van der Waals surface area (Å²) in [7, 11) is -3.67. The number of benzene rings is 1. The van der Waals surface area contributed by atoms with Crippen LogP contribution in [0.15, 0.2) is 29.2 Å². The minimum atomic E-state index is -3.67. The quantitative estimate of drug-likeness (QED) is 0.755. The largest absolute Gasteiger partial charge is 0.352 e. The molecule has 0 spiro atoms. The zero-order chi connectivity index (χ0) is 14.3. The summed E-state index contributed by atoms with van der Waals surface area (Å²) in [6, 6.07) is 5.82. The van der Waals surface area contributed by atoms with E-state index in [0.29, 0.717) is 12.1 Å². The van der Waals surface area contributed by atoms with Crippen LogP contribution in [0.2, 0.25) is 0 Å². The first-order valence-electron chi connectivity index (χ1n) is 5.82. The van der Waals surface area contributed by atoms with E-state index in [2.05, 4.69) is 16.0 Å². The van der Waals surface area contributed by atoms with Crippen molar-refractivity contribution in [2.75, 3.05) is 13.1 Å². The molecule has 0 fully saturated rings. The van der Waals surface area contributed by atoms with Crippen molar-refractivity contribution < 1.29 is 13.2 Å². The van der Waals surface area contributed by atoms with Gasteiger partial charge in [0.1, 0.15) is 0 Å². The lowest BCUT2D eigenvalue weighted by Crippen LogP contribution is -2.26. The number of terminal acetylenes is 1. The zero-order valence-corrected chi connectivity index (χ0v) is 11.5. The van der Waals surface area contributed by atoms with Crippen LogP contribution >= 0.6 is 0 Å². The summed E-state index contributed by atoms with van der Waals surface area (Å²) in [6.45, 7) is 2.39. The summed E-state index contributed by atoms with van der Waals surface area (Å²) in [5, 5.41) is 2.68. The Labute approximate surface area is 113 Å². The summed E-state index contributed by atoms with van der Waals surface area (Å²) in [5.74, 6) is 1.89. The fourth-order valence-corrected chi connectivity index (χ4v) is 2.34. The average molecular weight is 280 g/mol. The fraction of sp³-hybridized carbons (Fsp3) is 0.308. The van der Waals surface area contributed by atoms with E-state index < -0.39 is 10.0 Å². The van der Waals surface area contributed by atoms with Gasteiger partial charge in [-0.1, -0.05) is 18.9 Å². The van der Waals surface area contributed by atoms with Crippen LogP contribution in [0, 0.1) is 12.3 Å². The highest BCUT2D eigenvalue weighted by Crippen LogP contribution is 2.11. The third kappa shape index (κ3) is 4.39. The molecule has 0 heterocycles. The molecule has 0 atom stereocenters. The van der Waals surface area contributed by atoms with Gasteiger partial charge in [-0.05, 0) is 24.6 Å². The number of carbonyl (C=O) groups excluding carboxylic acids is 1. The lowest BCUT2D eigenvalue weighted by molar-refractivity contribution is 0.0953. The summed E-state index contributed by atoms with van der Waals surface area (Å²) >= 11 is 0. The van der Waals surface area contributed by atoms with E-state index in [1.165, 1.54) is 18.2 Å². The van der Waals surface area contributed by atoms with E-state index in [4.69, 9.17) is 6.42 Å². The Morgan fingerprint density at radius 3 is 2.79 bits per heavy atom. The van der Waals surface area contributed by atoms with Crippen LogP contribution in [0.5, 0.6) is 0 Å². The van der Waals surface area contributed by atoms with Crippen molar-refractivity contribution in [3.8, 4) is 12.3 Å². The second-order valence-electron chi connectivity index (χ2n) is 3.81. The van der Waals surface area contributed by atoms with Crippen LogP contribution in [0.3, 0.4) is 0 Å². The SMILES string of the molecule is C#CCNS(=O)(=O)c1cccc(C(=O)NCCC)c1. The smallest absolute Gasteiger partial charge is 0.251 e. The first kappa shape index (κ1) is 15.2. The minimum Gasteiger partial charge on any atom is -0.352 e. The summed E-state index contributed by atoms with van der Waals surface area (Å²) < 4.78 is 25.9. The van der Waals surface area contributed by atoms with Gasteiger partial charge in [-0.2, -0.15) is 4.72 Å². The number of sulfonamides is 1. The molecule has 1 aromatic rings. The van der Waals surface area contributed by atoms with Gasteiger partial charge < -0.3 is 5.32 Å². The normalized spacial score (nSPS) is 10.7. The number of rotatable bonds is 6. The van der Waals surface area contributed by atoms with Crippen molar-refractivity contribution in [3.05, 3.63) is 29.8 Å². The highest BCUT2D eigenvalue weighted by atomic mass is 32.2. The molecule has 0 saturated heterocycles. The molecule has 0 aliphatic carbocycles. The Morgan fingerprint density at radius 2 is 2.16 bits per heavy atom. The van der Waals surface area contributed by atoms with Crippen LogP contribution in [0.25, 0.3) is 0 Å². The van der Waals surface area contributed by atoms with Gasteiger partial charge in [0.15, 0.2) is 0 Å². The Morgan fingerprint density at radius 1 is 1.42 bits per heavy atom. The molecule has 0 unspecified atom stereocenters. The van der Waals surface area contributed by atoms with Gasteiger partial charge in [-0.3, -0.25) is 4.79 Å². The molecule has 0 aliphatic rings. The maximum Gasteiger partial charge on any atom is 0.251 e. The van der Waals surface area contributed by atoms with Crippen molar-refractivity contribution in [2.24, 2.45) is 0 Å². The first-order chi connectivity index (χ1) is 9.01. The second kappa shape index (κ2) is 6.92. The molecule has 0 aromatic heterocycles. The lowest BCUT2D eigenvalue weighted by atomic mass is 10.2. The second-order valence-corrected chi connectivity index (χ2v) is 5.58. The maximum atomic E-state index is 11.8. The van der Waals surface area contributed by atoms with E-state index in [1.54, 1.807) is 6.07 Å². The lowest BCUT2D eigenvalue weighted by Gasteiger charge is -2.07. The van der Waals surface area contributed by atoms with Crippen LogP contribution < -0.4 is 10.0 Å². The fourth-order valence-electron chi connectivity index (χ4n) is 1.37. The van der Waals surface area contributed by atoms with Gasteiger partial charge in [0.25, 0.3) is 5.91 Å². The Bertz CT molecular complexity index is 588. The molecule has 1 amide bonds. The predicted molar refractivity (Wildman–Crippen MR) is 73.1 cm³/mol. The number of hydrogen-bond donors (Lipinski definition) is 2. The van der Waals surface area contributed by atoms with E-state index >= 15 is 0 Å². The molecule has 5 nitrogen and oxygen atoms in total. The van der Waals surface area contributed by atoms with Gasteiger partial charge >= 0.3 is 0 Å². The van der Waals surface area contributed by atoms with Gasteiger partial charge in [-0.15, -0.1) is 6.42 Å². The third-order valence-corrected chi connectivity index (χ3v) is 3.71. The van der Waals surface area contributed by atoms with Crippen LogP contribution in [0.1, 0.15) is 23.7 Å². The van der Waals surface area contributed by atoms with Crippen molar-refractivity contribution >= 4 is 15.9 Å². The van der Waals surface area contributed by atoms with E-state index in [9.17, 15) is 13.2 Å². The maximum absolute atomic E-state index is 11.8. The number of carbonyl (C=O) groups is 1. The monoisotopic (exact) mass is 280 g/mol. The van der Waals surface area contributed by atoms with Crippen LogP contribution in [0.4, 0.5) is 0 Å². The van der Waals surface area contributed by atoms with E-state index in [0.717, 1.165) is 6.42 Å². The third-order valence-electron chi connectivity index (χ3n) is 2.31. The molecule has 0 aliphatic heterocycles. The molecule has 0 radical (unpaired) electrons. The summed E-state index contributed by atoms with van der Waals surface area (Å²) in [5.41, 5.74) is 0.303. The Kier molecular flexibility index (Phi) is 5.55. The van der Waals surface area contributed by atoms with Crippen LogP contribution in [-0.2, 0) is 10.0 Å². The average Bonchev–Trinajstić information content (AvgIpc) is 2.42. The molecule has 6 heteroatoms. The molecule has 0 bridgehead atoms. The summed E-state index contributed by atoms with van der Waals surface area (Å²) in [6.07, 6.45) is 5.82. The number of amides is 1. The molecule has 2 N–H and O–H groups in total. The van der Waals surface area contributed by atoms with Crippen molar-refractivity contribution in [3.63, 3.8) is 0 Å². The first-order valence-corrected chi connectivity index (χ1v) is 7.31. The minimum absolute atomic E-state index is 0.0203. The van der Waals surface area contributed by atoms with Gasteiger partial charge in [-0.25, -0.2) is 8.42 Å². The molecule has 1 rings (SSSR count). The topological polar surface area (TPSA) is 75.3 Å². The van der Waals surface area contributed by atoms with Gasteiger partial charge in [0.2, 0.25) is 10.0 Å². The Hall–Kier alpha value is -1.84. The molecular formula is C13H16N2O3S. The van der Waals surface area contributed by atoms with Crippen LogP contribution in [-0.4, -0.2) is 27.4 Å². The Balaban J connectivity index is 2.94. The zero-order valence-electron chi connectivity index (χ0n) is 10.6. The molecule has 0 saturated carbocycles. The standard InChI is InChI=1S/C13H16N2O3S/c1-3-8-14-13(16)11-6-5-7-12(10-11)19(17,18)15-9-4-2/h2,5-7,10,15H,3,8-9H2,1H3,(H,14,16). The molecule has 1 aromatic carbocycles. The van der Waals surface area contributed by atoms with E-state index in [-0.39, 0.29) is 17.3 Å². The van der Waals surface area contributed by atoms with Crippen molar-refractivity contribution in [2.45, 2.75) is 18.2 Å². The van der Waals surface area contributed by atoms with E-state index in [1.807, 2.05) is 6.92 Å². The summed E-state index contributed by atoms with van der Waals surface area (Å²) in [4.78, 5) is 11.8. The highest BCUT2D eigenvalue weighted by Gasteiger charge is 2.15.